The van der Waals surface area contributed by atoms with Crippen molar-refractivity contribution in [2.24, 2.45) is 0 Å². The average molecular weight is 346 g/mol. The smallest absolute Gasteiger partial charge is 0.138 e. The Hall–Kier alpha value is -3.21. The van der Waals surface area contributed by atoms with Crippen molar-refractivity contribution in [1.29, 1.82) is 0 Å². The molecule has 0 radical (unpaired) electrons. The molecule has 5 nitrogen and oxygen atoms in total. The van der Waals surface area contributed by atoms with Gasteiger partial charge in [-0.2, -0.15) is 0 Å². The normalized spacial score (nSPS) is 11.2. The number of benzene rings is 1. The van der Waals surface area contributed by atoms with Gasteiger partial charge in [-0.1, -0.05) is 6.07 Å². The van der Waals surface area contributed by atoms with Gasteiger partial charge >= 0.3 is 0 Å². The van der Waals surface area contributed by atoms with Crippen LogP contribution in [0.25, 0.3) is 33.4 Å². The topological polar surface area (TPSA) is 69.1 Å². The monoisotopic (exact) mass is 346 g/mol. The molecule has 130 valence electrons. The summed E-state index contributed by atoms with van der Waals surface area (Å²) in [4.78, 5) is 19.6. The molecule has 26 heavy (non-hydrogen) atoms. The zero-order valence-corrected chi connectivity index (χ0v) is 14.7. The number of hydrogen-bond donors (Lipinski definition) is 0. The molecule has 0 fully saturated rings. The number of Topliss-reactive ketones (excluding diaryl/α,β-unsaturated/α-hetero) is 1. The van der Waals surface area contributed by atoms with Crippen LogP contribution >= 0.6 is 0 Å². The van der Waals surface area contributed by atoms with E-state index in [1.54, 1.807) is 19.3 Å². The van der Waals surface area contributed by atoms with Crippen molar-refractivity contribution in [3.8, 4) is 22.5 Å². The quantitative estimate of drug-likeness (QED) is 0.510. The second kappa shape index (κ2) is 6.59. The van der Waals surface area contributed by atoms with E-state index in [9.17, 15) is 4.79 Å². The van der Waals surface area contributed by atoms with Crippen LogP contribution in [-0.2, 0) is 11.2 Å². The number of hydrogen-bond acceptors (Lipinski definition) is 5. The fourth-order valence-corrected chi connectivity index (χ4v) is 3.08. The molecule has 4 rings (SSSR count). The van der Waals surface area contributed by atoms with Gasteiger partial charge in [-0.3, -0.25) is 0 Å². The third-order valence-electron chi connectivity index (χ3n) is 4.35. The number of nitrogens with zero attached hydrogens (tertiary/aromatic N) is 2. The van der Waals surface area contributed by atoms with E-state index in [4.69, 9.17) is 8.83 Å². The standard InChI is InChI=1S/C21H18N2O3/c1-13(24)3-7-19-21(18-8-4-14(2)25-18)17-6-5-15(9-20(17)26-19)16-10-22-12-23-11-16/h4-6,8-12H,3,7H2,1-2H3. The number of rotatable bonds is 5. The minimum atomic E-state index is 0.133. The molecule has 0 aliphatic carbocycles. The van der Waals surface area contributed by atoms with Crippen molar-refractivity contribution < 1.29 is 13.6 Å². The summed E-state index contributed by atoms with van der Waals surface area (Å²) in [6, 6.07) is 9.88. The third kappa shape index (κ3) is 3.04. The molecule has 0 bridgehead atoms. The molecule has 4 aromatic rings. The number of fused-ring (bicyclic) bond motifs is 1. The van der Waals surface area contributed by atoms with E-state index < -0.39 is 0 Å². The maximum Gasteiger partial charge on any atom is 0.138 e. The number of carbonyl (C=O) groups is 1. The fraction of sp³-hybridized carbons (Fsp3) is 0.190. The first-order valence-corrected chi connectivity index (χ1v) is 8.49. The van der Waals surface area contributed by atoms with Crippen LogP contribution in [0, 0.1) is 6.92 Å². The predicted octanol–water partition coefficient (Wildman–Crippen LogP) is 4.98. The maximum absolute atomic E-state index is 11.4. The highest BCUT2D eigenvalue weighted by molar-refractivity contribution is 5.96. The first-order valence-electron chi connectivity index (χ1n) is 8.49. The second-order valence-electron chi connectivity index (χ2n) is 6.35. The van der Waals surface area contributed by atoms with Gasteiger partial charge in [0.05, 0.1) is 5.56 Å². The Labute approximate surface area is 150 Å². The number of carbonyl (C=O) groups excluding carboxylic acids is 1. The van der Waals surface area contributed by atoms with Crippen LogP contribution in [0.2, 0.25) is 0 Å². The summed E-state index contributed by atoms with van der Waals surface area (Å²) < 4.78 is 12.0. The number of ketones is 1. The van der Waals surface area contributed by atoms with Crippen LogP contribution in [0.15, 0.2) is 57.9 Å². The Morgan fingerprint density at radius 3 is 2.54 bits per heavy atom. The highest BCUT2D eigenvalue weighted by atomic mass is 16.4. The van der Waals surface area contributed by atoms with E-state index in [1.807, 2.05) is 37.3 Å². The van der Waals surface area contributed by atoms with E-state index in [1.165, 1.54) is 6.33 Å². The molecule has 1 aromatic carbocycles. The van der Waals surface area contributed by atoms with E-state index in [2.05, 4.69) is 9.97 Å². The summed E-state index contributed by atoms with van der Waals surface area (Å²) in [5, 5.41) is 0.971. The van der Waals surface area contributed by atoms with E-state index in [0.717, 1.165) is 44.9 Å². The Morgan fingerprint density at radius 1 is 1.04 bits per heavy atom. The van der Waals surface area contributed by atoms with Gasteiger partial charge in [-0.05, 0) is 43.7 Å². The van der Waals surface area contributed by atoms with Crippen LogP contribution in [0.5, 0.6) is 0 Å². The molecule has 0 saturated carbocycles. The largest absolute Gasteiger partial charge is 0.461 e. The summed E-state index contributed by atoms with van der Waals surface area (Å²) in [5.74, 6) is 2.50. The maximum atomic E-state index is 11.4. The van der Waals surface area contributed by atoms with Gasteiger partial charge in [-0.25, -0.2) is 9.97 Å². The molecular weight excluding hydrogens is 328 g/mol. The molecule has 3 aromatic heterocycles. The van der Waals surface area contributed by atoms with E-state index in [0.29, 0.717) is 12.8 Å². The lowest BCUT2D eigenvalue weighted by Crippen LogP contribution is -1.93. The molecule has 5 heteroatoms. The molecule has 0 aliphatic heterocycles. The van der Waals surface area contributed by atoms with Crippen molar-refractivity contribution in [3.05, 3.63) is 60.6 Å². The second-order valence-corrected chi connectivity index (χ2v) is 6.35. The minimum Gasteiger partial charge on any atom is -0.461 e. The Kier molecular flexibility index (Phi) is 4.13. The van der Waals surface area contributed by atoms with Crippen molar-refractivity contribution in [3.63, 3.8) is 0 Å². The lowest BCUT2D eigenvalue weighted by Gasteiger charge is -2.01. The van der Waals surface area contributed by atoms with E-state index >= 15 is 0 Å². The molecule has 0 saturated heterocycles. The number of furan rings is 2. The van der Waals surface area contributed by atoms with Crippen molar-refractivity contribution in [1.82, 2.24) is 9.97 Å². The first kappa shape index (κ1) is 16.3. The zero-order valence-electron chi connectivity index (χ0n) is 14.7. The summed E-state index contributed by atoms with van der Waals surface area (Å²) in [7, 11) is 0. The Bertz CT molecular complexity index is 1080. The number of aromatic nitrogens is 2. The molecule has 0 N–H and O–H groups in total. The summed E-state index contributed by atoms with van der Waals surface area (Å²) >= 11 is 0. The van der Waals surface area contributed by atoms with Crippen LogP contribution in [-0.4, -0.2) is 15.8 Å². The van der Waals surface area contributed by atoms with Gasteiger partial charge in [0, 0.05) is 36.2 Å². The molecule has 0 amide bonds. The van der Waals surface area contributed by atoms with Crippen LogP contribution in [0.4, 0.5) is 0 Å². The predicted molar refractivity (Wildman–Crippen MR) is 98.7 cm³/mol. The van der Waals surface area contributed by atoms with Crippen LogP contribution in [0.1, 0.15) is 24.9 Å². The summed E-state index contributed by atoms with van der Waals surface area (Å²) in [6.07, 6.45) is 6.02. The first-order chi connectivity index (χ1) is 12.6. The highest BCUT2D eigenvalue weighted by Gasteiger charge is 2.19. The summed E-state index contributed by atoms with van der Waals surface area (Å²) in [5.41, 5.74) is 3.58. The molecule has 3 heterocycles. The van der Waals surface area contributed by atoms with Crippen molar-refractivity contribution >= 4 is 16.8 Å². The fourth-order valence-electron chi connectivity index (χ4n) is 3.08. The molecule has 0 atom stereocenters. The molecular formula is C21H18N2O3. The molecule has 0 aliphatic rings. The third-order valence-corrected chi connectivity index (χ3v) is 4.35. The molecule has 0 spiro atoms. The van der Waals surface area contributed by atoms with Gasteiger partial charge < -0.3 is 13.6 Å². The lowest BCUT2D eigenvalue weighted by molar-refractivity contribution is -0.117. The highest BCUT2D eigenvalue weighted by Crippen LogP contribution is 2.38. The SMILES string of the molecule is CC(=O)CCc1oc2cc(-c3cncnc3)ccc2c1-c1ccc(C)o1. The van der Waals surface area contributed by atoms with Crippen LogP contribution < -0.4 is 0 Å². The molecule has 0 unspecified atom stereocenters. The van der Waals surface area contributed by atoms with Gasteiger partial charge in [0.1, 0.15) is 35.0 Å². The average Bonchev–Trinajstić information content (AvgIpc) is 3.22. The van der Waals surface area contributed by atoms with Crippen molar-refractivity contribution in [2.45, 2.75) is 26.7 Å². The van der Waals surface area contributed by atoms with E-state index in [-0.39, 0.29) is 5.78 Å². The van der Waals surface area contributed by atoms with Gasteiger partial charge in [0.15, 0.2) is 0 Å². The number of aryl methyl sites for hydroxylation is 2. The van der Waals surface area contributed by atoms with Crippen molar-refractivity contribution in [2.75, 3.05) is 0 Å². The lowest BCUT2D eigenvalue weighted by atomic mass is 10.0. The van der Waals surface area contributed by atoms with Gasteiger partial charge in [-0.15, -0.1) is 0 Å². The Morgan fingerprint density at radius 2 is 1.85 bits per heavy atom. The van der Waals surface area contributed by atoms with Crippen LogP contribution in [0.3, 0.4) is 0 Å². The van der Waals surface area contributed by atoms with Gasteiger partial charge in [0.25, 0.3) is 0 Å². The van der Waals surface area contributed by atoms with Gasteiger partial charge in [0.2, 0.25) is 0 Å². The summed E-state index contributed by atoms with van der Waals surface area (Å²) in [6.45, 7) is 3.50. The minimum absolute atomic E-state index is 0.133. The zero-order chi connectivity index (χ0) is 18.1. The Balaban J connectivity index is 1.86.